The van der Waals surface area contributed by atoms with Crippen LogP contribution in [0, 0.1) is 11.8 Å². The molecule has 0 amide bonds. The number of Topliss-reactive ketones (excluding diaryl/α,β-unsaturated/α-hetero) is 1. The molecule has 1 saturated heterocycles. The Balaban J connectivity index is 2.15. The largest absolute Gasteiger partial charge is 0.511 e. The maximum absolute atomic E-state index is 12.6. The quantitative estimate of drug-likeness (QED) is 0.589. The molecule has 0 saturated carbocycles. The highest BCUT2D eigenvalue weighted by Crippen LogP contribution is 2.38. The van der Waals surface area contributed by atoms with Crippen molar-refractivity contribution in [1.29, 1.82) is 0 Å². The predicted molar refractivity (Wildman–Crippen MR) is 91.4 cm³/mol. The number of hydrogen-bond acceptors (Lipinski definition) is 5. The molecule has 22 heavy (non-hydrogen) atoms. The lowest BCUT2D eigenvalue weighted by Gasteiger charge is -2.32. The van der Waals surface area contributed by atoms with Crippen molar-refractivity contribution < 1.29 is 14.7 Å². The first kappa shape index (κ1) is 17.4. The van der Waals surface area contributed by atoms with E-state index in [0.29, 0.717) is 49.0 Å². The summed E-state index contributed by atoms with van der Waals surface area (Å²) in [7, 11) is 0. The van der Waals surface area contributed by atoms with Crippen molar-refractivity contribution in [3.63, 3.8) is 0 Å². The zero-order valence-corrected chi connectivity index (χ0v) is 14.5. The van der Waals surface area contributed by atoms with Gasteiger partial charge in [0.25, 0.3) is 0 Å². The van der Waals surface area contributed by atoms with Gasteiger partial charge in [0.2, 0.25) is 0 Å². The minimum absolute atomic E-state index is 0.0382. The van der Waals surface area contributed by atoms with Gasteiger partial charge in [0, 0.05) is 12.8 Å². The Labute approximate surface area is 137 Å². The van der Waals surface area contributed by atoms with E-state index in [0.717, 1.165) is 12.2 Å². The van der Waals surface area contributed by atoms with Gasteiger partial charge in [-0.3, -0.25) is 4.79 Å². The molecule has 1 aliphatic carbocycles. The second-order valence-electron chi connectivity index (χ2n) is 6.10. The number of aliphatic hydroxyl groups is 1. The molecule has 2 aliphatic rings. The molecule has 4 nitrogen and oxygen atoms in total. The number of rotatable bonds is 6. The lowest BCUT2D eigenvalue weighted by Crippen LogP contribution is -2.30. The number of allylic oxidation sites excluding steroid dienone is 2. The lowest BCUT2D eigenvalue weighted by molar-refractivity contribution is -0.117. The standard InChI is InChI=1S/C17H27NO3S/c1-3-6-14(18-21-4-2)17-15(19)9-13(10-16(17)20)12-7-5-8-22-11-12/h12-13,19H,3-11H2,1-2H3/b18-14+/t12-,13-/m0/s1. The average Bonchev–Trinajstić information content (AvgIpc) is 2.52. The third kappa shape index (κ3) is 4.28. The molecular weight excluding hydrogens is 298 g/mol. The van der Waals surface area contributed by atoms with Crippen LogP contribution in [0.25, 0.3) is 0 Å². The van der Waals surface area contributed by atoms with E-state index in [9.17, 15) is 9.90 Å². The van der Waals surface area contributed by atoms with E-state index < -0.39 is 0 Å². The molecule has 5 heteroatoms. The molecule has 0 aromatic heterocycles. The molecule has 0 radical (unpaired) electrons. The number of carbonyl (C=O) groups is 1. The van der Waals surface area contributed by atoms with E-state index in [1.807, 2.05) is 25.6 Å². The third-order valence-corrected chi connectivity index (χ3v) is 5.65. The second-order valence-corrected chi connectivity index (χ2v) is 7.25. The van der Waals surface area contributed by atoms with Gasteiger partial charge in [-0.2, -0.15) is 11.8 Å². The Morgan fingerprint density at radius 1 is 1.36 bits per heavy atom. The van der Waals surface area contributed by atoms with E-state index in [1.54, 1.807) is 0 Å². The smallest absolute Gasteiger partial charge is 0.168 e. The highest BCUT2D eigenvalue weighted by molar-refractivity contribution is 7.99. The van der Waals surface area contributed by atoms with Crippen LogP contribution in [-0.4, -0.2) is 34.7 Å². The highest BCUT2D eigenvalue weighted by Gasteiger charge is 2.35. The fraction of sp³-hybridized carbons (Fsp3) is 0.765. The van der Waals surface area contributed by atoms with Crippen molar-refractivity contribution >= 4 is 23.3 Å². The molecule has 1 fully saturated rings. The first-order valence-electron chi connectivity index (χ1n) is 8.39. The summed E-state index contributed by atoms with van der Waals surface area (Å²) in [5.41, 5.74) is 1.04. The van der Waals surface area contributed by atoms with Crippen molar-refractivity contribution in [2.75, 3.05) is 18.1 Å². The van der Waals surface area contributed by atoms with Gasteiger partial charge in [0.15, 0.2) is 5.78 Å². The number of oxime groups is 1. The molecule has 2 rings (SSSR count). The van der Waals surface area contributed by atoms with Crippen LogP contribution in [0.15, 0.2) is 16.5 Å². The fourth-order valence-corrected chi connectivity index (χ4v) is 4.60. The maximum Gasteiger partial charge on any atom is 0.168 e. The zero-order valence-electron chi connectivity index (χ0n) is 13.6. The van der Waals surface area contributed by atoms with Crippen LogP contribution in [-0.2, 0) is 9.63 Å². The number of thioether (sulfide) groups is 1. The summed E-state index contributed by atoms with van der Waals surface area (Å²) >= 11 is 1.97. The summed E-state index contributed by atoms with van der Waals surface area (Å²) < 4.78 is 0. The Kier molecular flexibility index (Phi) is 6.80. The number of aliphatic hydroxyl groups excluding tert-OH is 1. The minimum atomic E-state index is 0.0382. The Hall–Kier alpha value is -0.970. The lowest BCUT2D eigenvalue weighted by atomic mass is 9.76. The van der Waals surface area contributed by atoms with Crippen molar-refractivity contribution in [2.24, 2.45) is 17.0 Å². The Bertz CT molecular complexity index is 453. The van der Waals surface area contributed by atoms with Crippen molar-refractivity contribution in [3.05, 3.63) is 11.3 Å². The number of ketones is 1. The van der Waals surface area contributed by atoms with Crippen LogP contribution < -0.4 is 0 Å². The van der Waals surface area contributed by atoms with E-state index in [2.05, 4.69) is 5.16 Å². The molecule has 1 aliphatic heterocycles. The number of carbonyl (C=O) groups excluding carboxylic acids is 1. The van der Waals surface area contributed by atoms with Crippen LogP contribution in [0.4, 0.5) is 0 Å². The Morgan fingerprint density at radius 2 is 2.18 bits per heavy atom. The number of hydrogen-bond donors (Lipinski definition) is 1. The van der Waals surface area contributed by atoms with Crippen LogP contribution >= 0.6 is 11.8 Å². The predicted octanol–water partition coefficient (Wildman–Crippen LogP) is 4.11. The van der Waals surface area contributed by atoms with Gasteiger partial charge in [-0.15, -0.1) is 0 Å². The normalized spacial score (nSPS) is 27.2. The van der Waals surface area contributed by atoms with Gasteiger partial charge in [0.1, 0.15) is 12.4 Å². The molecule has 0 bridgehead atoms. The van der Waals surface area contributed by atoms with Gasteiger partial charge in [-0.25, -0.2) is 0 Å². The van der Waals surface area contributed by atoms with Crippen LogP contribution in [0.1, 0.15) is 52.4 Å². The second kappa shape index (κ2) is 8.61. The summed E-state index contributed by atoms with van der Waals surface area (Å²) in [4.78, 5) is 17.7. The molecule has 0 unspecified atom stereocenters. The van der Waals surface area contributed by atoms with Crippen molar-refractivity contribution in [2.45, 2.75) is 52.4 Å². The van der Waals surface area contributed by atoms with E-state index in [1.165, 1.54) is 18.6 Å². The molecule has 124 valence electrons. The molecular formula is C17H27NO3S. The first-order valence-corrected chi connectivity index (χ1v) is 9.55. The molecule has 1 heterocycles. The van der Waals surface area contributed by atoms with Gasteiger partial charge in [-0.1, -0.05) is 18.5 Å². The summed E-state index contributed by atoms with van der Waals surface area (Å²) in [6.07, 6.45) is 5.10. The van der Waals surface area contributed by atoms with E-state index >= 15 is 0 Å². The molecule has 0 aromatic carbocycles. The van der Waals surface area contributed by atoms with Crippen molar-refractivity contribution in [1.82, 2.24) is 0 Å². The summed E-state index contributed by atoms with van der Waals surface area (Å²) in [6, 6.07) is 0. The van der Waals surface area contributed by atoms with Crippen LogP contribution in [0.5, 0.6) is 0 Å². The highest BCUT2D eigenvalue weighted by atomic mass is 32.2. The van der Waals surface area contributed by atoms with Crippen LogP contribution in [0.2, 0.25) is 0 Å². The fourth-order valence-electron chi connectivity index (χ4n) is 3.32. The SMILES string of the molecule is CCC/C(=N\OCC)C1=C(O)C[C@H]([C@H]2CCCSC2)CC1=O. The monoisotopic (exact) mass is 325 g/mol. The Morgan fingerprint density at radius 3 is 2.77 bits per heavy atom. The molecule has 0 spiro atoms. The average molecular weight is 325 g/mol. The van der Waals surface area contributed by atoms with Gasteiger partial charge in [0.05, 0.1) is 11.3 Å². The molecule has 2 atom stereocenters. The van der Waals surface area contributed by atoms with Gasteiger partial charge < -0.3 is 9.94 Å². The molecule has 0 aromatic rings. The van der Waals surface area contributed by atoms with E-state index in [-0.39, 0.29) is 11.5 Å². The van der Waals surface area contributed by atoms with Gasteiger partial charge >= 0.3 is 0 Å². The maximum atomic E-state index is 12.6. The summed E-state index contributed by atoms with van der Waals surface area (Å²) in [6.45, 7) is 4.37. The molecule has 1 N–H and O–H groups in total. The van der Waals surface area contributed by atoms with Crippen molar-refractivity contribution in [3.8, 4) is 0 Å². The zero-order chi connectivity index (χ0) is 15.9. The van der Waals surface area contributed by atoms with Crippen LogP contribution in [0.3, 0.4) is 0 Å². The first-order chi connectivity index (χ1) is 10.7. The summed E-state index contributed by atoms with van der Waals surface area (Å²) in [5, 5.41) is 14.5. The topological polar surface area (TPSA) is 58.9 Å². The minimum Gasteiger partial charge on any atom is -0.511 e. The van der Waals surface area contributed by atoms with E-state index in [4.69, 9.17) is 4.84 Å². The number of nitrogens with zero attached hydrogens (tertiary/aromatic N) is 1. The summed E-state index contributed by atoms with van der Waals surface area (Å²) in [5.74, 6) is 3.46. The van der Waals surface area contributed by atoms with Gasteiger partial charge in [-0.05, 0) is 49.5 Å². The third-order valence-electron chi connectivity index (χ3n) is 4.41.